The van der Waals surface area contributed by atoms with Crippen LogP contribution in [0.15, 0.2) is 48.5 Å². The van der Waals surface area contributed by atoms with E-state index in [1.165, 1.54) is 5.56 Å². The Morgan fingerprint density at radius 3 is 2.57 bits per heavy atom. The lowest BCUT2D eigenvalue weighted by Crippen LogP contribution is -2.24. The molecule has 112 valence electrons. The van der Waals surface area contributed by atoms with Crippen LogP contribution >= 0.6 is 11.6 Å². The first kappa shape index (κ1) is 15.7. The quantitative estimate of drug-likeness (QED) is 0.782. The van der Waals surface area contributed by atoms with Gasteiger partial charge in [-0.05, 0) is 48.9 Å². The molecular weight excluding hydrogens is 286 g/mol. The van der Waals surface area contributed by atoms with Crippen molar-refractivity contribution in [1.82, 2.24) is 5.32 Å². The standard InChI is InChI=1S/C17H20ClNO2/c1-13(14-4-3-5-17(12-14)20-2)19-10-11-21-16-8-6-15(18)7-9-16/h3-9,12-13,19H,10-11H2,1-2H3/t13-/m1/s1. The largest absolute Gasteiger partial charge is 0.497 e. The molecule has 0 amide bonds. The van der Waals surface area contributed by atoms with Gasteiger partial charge in [0, 0.05) is 17.6 Å². The Kier molecular flexibility index (Phi) is 5.90. The number of ether oxygens (including phenoxy) is 2. The number of benzene rings is 2. The topological polar surface area (TPSA) is 30.5 Å². The van der Waals surface area contributed by atoms with E-state index in [9.17, 15) is 0 Å². The van der Waals surface area contributed by atoms with E-state index in [2.05, 4.69) is 18.3 Å². The Morgan fingerprint density at radius 1 is 1.10 bits per heavy atom. The summed E-state index contributed by atoms with van der Waals surface area (Å²) in [5, 5.41) is 4.14. The zero-order chi connectivity index (χ0) is 15.1. The van der Waals surface area contributed by atoms with E-state index >= 15 is 0 Å². The summed E-state index contributed by atoms with van der Waals surface area (Å²) < 4.78 is 10.9. The Morgan fingerprint density at radius 2 is 1.86 bits per heavy atom. The number of halogens is 1. The van der Waals surface area contributed by atoms with Crippen LogP contribution in [0.3, 0.4) is 0 Å². The maximum Gasteiger partial charge on any atom is 0.119 e. The molecule has 0 spiro atoms. The lowest BCUT2D eigenvalue weighted by molar-refractivity contribution is 0.307. The summed E-state index contributed by atoms with van der Waals surface area (Å²) in [5.41, 5.74) is 1.20. The molecule has 2 aromatic carbocycles. The molecule has 1 N–H and O–H groups in total. The fourth-order valence-corrected chi connectivity index (χ4v) is 2.13. The molecule has 0 aliphatic rings. The molecule has 3 nitrogen and oxygen atoms in total. The molecule has 0 bridgehead atoms. The Bertz CT molecular complexity index is 557. The highest BCUT2D eigenvalue weighted by atomic mass is 35.5. The van der Waals surface area contributed by atoms with Crippen LogP contribution in [0.1, 0.15) is 18.5 Å². The van der Waals surface area contributed by atoms with Crippen molar-refractivity contribution in [3.05, 3.63) is 59.1 Å². The first-order valence-corrected chi connectivity index (χ1v) is 7.32. The second-order valence-electron chi connectivity index (χ2n) is 4.75. The normalized spacial score (nSPS) is 12.0. The van der Waals surface area contributed by atoms with Gasteiger partial charge in [0.15, 0.2) is 0 Å². The molecule has 0 saturated carbocycles. The van der Waals surface area contributed by atoms with Crippen molar-refractivity contribution in [2.24, 2.45) is 0 Å². The van der Waals surface area contributed by atoms with Gasteiger partial charge in [0.25, 0.3) is 0 Å². The zero-order valence-corrected chi connectivity index (χ0v) is 13.1. The first-order valence-electron chi connectivity index (χ1n) is 6.95. The second kappa shape index (κ2) is 7.91. The summed E-state index contributed by atoms with van der Waals surface area (Å²) in [4.78, 5) is 0. The Labute approximate surface area is 130 Å². The fourth-order valence-electron chi connectivity index (χ4n) is 2.00. The van der Waals surface area contributed by atoms with Gasteiger partial charge in [-0.1, -0.05) is 23.7 Å². The van der Waals surface area contributed by atoms with Gasteiger partial charge in [0.05, 0.1) is 7.11 Å². The Hall–Kier alpha value is -1.71. The highest BCUT2D eigenvalue weighted by Crippen LogP contribution is 2.18. The lowest BCUT2D eigenvalue weighted by Gasteiger charge is -2.15. The third-order valence-electron chi connectivity index (χ3n) is 3.23. The van der Waals surface area contributed by atoms with Crippen LogP contribution in [0.5, 0.6) is 11.5 Å². The predicted octanol–water partition coefficient (Wildman–Crippen LogP) is 4.08. The molecule has 2 rings (SSSR count). The van der Waals surface area contributed by atoms with Gasteiger partial charge in [0.1, 0.15) is 18.1 Å². The minimum Gasteiger partial charge on any atom is -0.497 e. The highest BCUT2D eigenvalue weighted by molar-refractivity contribution is 6.30. The van der Waals surface area contributed by atoms with Gasteiger partial charge >= 0.3 is 0 Å². The summed E-state index contributed by atoms with van der Waals surface area (Å²) >= 11 is 5.83. The maximum atomic E-state index is 5.83. The van der Waals surface area contributed by atoms with Crippen LogP contribution in [0.2, 0.25) is 5.02 Å². The van der Waals surface area contributed by atoms with Gasteiger partial charge in [-0.3, -0.25) is 0 Å². The minimum absolute atomic E-state index is 0.244. The van der Waals surface area contributed by atoms with Crippen molar-refractivity contribution < 1.29 is 9.47 Å². The van der Waals surface area contributed by atoms with Crippen LogP contribution in [0.25, 0.3) is 0 Å². The summed E-state index contributed by atoms with van der Waals surface area (Å²) in [6.45, 7) is 3.49. The fraction of sp³-hybridized carbons (Fsp3) is 0.294. The van der Waals surface area contributed by atoms with Crippen molar-refractivity contribution in [3.8, 4) is 11.5 Å². The number of nitrogens with one attached hydrogen (secondary N) is 1. The summed E-state index contributed by atoms with van der Waals surface area (Å²) in [7, 11) is 1.68. The third-order valence-corrected chi connectivity index (χ3v) is 3.48. The van der Waals surface area contributed by atoms with E-state index in [0.717, 1.165) is 18.0 Å². The number of rotatable bonds is 7. The van der Waals surface area contributed by atoms with Crippen molar-refractivity contribution in [1.29, 1.82) is 0 Å². The van der Waals surface area contributed by atoms with Crippen molar-refractivity contribution in [2.45, 2.75) is 13.0 Å². The number of hydrogen-bond donors (Lipinski definition) is 1. The van der Waals surface area contributed by atoms with Crippen LogP contribution in [0.4, 0.5) is 0 Å². The van der Waals surface area contributed by atoms with Gasteiger partial charge < -0.3 is 14.8 Å². The van der Waals surface area contributed by atoms with E-state index in [1.807, 2.05) is 42.5 Å². The van der Waals surface area contributed by atoms with Crippen LogP contribution in [-0.2, 0) is 0 Å². The zero-order valence-electron chi connectivity index (χ0n) is 12.3. The van der Waals surface area contributed by atoms with E-state index < -0.39 is 0 Å². The van der Waals surface area contributed by atoms with E-state index in [0.29, 0.717) is 11.6 Å². The molecular formula is C17H20ClNO2. The smallest absolute Gasteiger partial charge is 0.119 e. The molecule has 4 heteroatoms. The second-order valence-corrected chi connectivity index (χ2v) is 5.19. The van der Waals surface area contributed by atoms with E-state index in [-0.39, 0.29) is 6.04 Å². The van der Waals surface area contributed by atoms with Gasteiger partial charge in [-0.25, -0.2) is 0 Å². The SMILES string of the molecule is COc1cccc([C@@H](C)NCCOc2ccc(Cl)cc2)c1. The van der Waals surface area contributed by atoms with Crippen molar-refractivity contribution in [2.75, 3.05) is 20.3 Å². The third kappa shape index (κ3) is 4.96. The van der Waals surface area contributed by atoms with Crippen molar-refractivity contribution >= 4 is 11.6 Å². The molecule has 0 fully saturated rings. The molecule has 0 saturated heterocycles. The predicted molar refractivity (Wildman–Crippen MR) is 86.4 cm³/mol. The summed E-state index contributed by atoms with van der Waals surface area (Å²) in [5.74, 6) is 1.70. The van der Waals surface area contributed by atoms with Gasteiger partial charge in [-0.15, -0.1) is 0 Å². The molecule has 0 radical (unpaired) electrons. The van der Waals surface area contributed by atoms with Crippen LogP contribution in [-0.4, -0.2) is 20.3 Å². The summed E-state index contributed by atoms with van der Waals surface area (Å²) in [6.07, 6.45) is 0. The highest BCUT2D eigenvalue weighted by Gasteiger charge is 2.05. The molecule has 0 aliphatic carbocycles. The van der Waals surface area contributed by atoms with Gasteiger partial charge in [-0.2, -0.15) is 0 Å². The number of hydrogen-bond acceptors (Lipinski definition) is 3. The van der Waals surface area contributed by atoms with Crippen molar-refractivity contribution in [3.63, 3.8) is 0 Å². The minimum atomic E-state index is 0.244. The lowest BCUT2D eigenvalue weighted by atomic mass is 10.1. The Balaban J connectivity index is 1.76. The van der Waals surface area contributed by atoms with Crippen LogP contribution in [0, 0.1) is 0 Å². The van der Waals surface area contributed by atoms with Crippen LogP contribution < -0.4 is 14.8 Å². The molecule has 2 aromatic rings. The molecule has 0 unspecified atom stereocenters. The molecule has 0 aliphatic heterocycles. The average Bonchev–Trinajstić information content (AvgIpc) is 2.53. The van der Waals surface area contributed by atoms with E-state index in [1.54, 1.807) is 7.11 Å². The first-order chi connectivity index (χ1) is 10.2. The van der Waals surface area contributed by atoms with Gasteiger partial charge in [0.2, 0.25) is 0 Å². The average molecular weight is 306 g/mol. The van der Waals surface area contributed by atoms with E-state index in [4.69, 9.17) is 21.1 Å². The molecule has 21 heavy (non-hydrogen) atoms. The molecule has 1 atom stereocenters. The number of methoxy groups -OCH3 is 1. The summed E-state index contributed by atoms with van der Waals surface area (Å²) in [6, 6.07) is 15.7. The monoisotopic (exact) mass is 305 g/mol. The maximum absolute atomic E-state index is 5.83. The molecule has 0 aromatic heterocycles. The molecule has 0 heterocycles.